The van der Waals surface area contributed by atoms with E-state index in [0.717, 1.165) is 23.7 Å². The molecule has 2 amide bonds. The van der Waals surface area contributed by atoms with E-state index in [2.05, 4.69) is 15.6 Å². The highest BCUT2D eigenvalue weighted by Gasteiger charge is 2.29. The van der Waals surface area contributed by atoms with Crippen LogP contribution in [0.2, 0.25) is 5.02 Å². The average Bonchev–Trinajstić information content (AvgIpc) is 3.25. The lowest BCUT2D eigenvalue weighted by Gasteiger charge is -2.33. The van der Waals surface area contributed by atoms with Crippen LogP contribution in [0.5, 0.6) is 0 Å². The van der Waals surface area contributed by atoms with E-state index in [1.54, 1.807) is 36.5 Å². The van der Waals surface area contributed by atoms with Crippen LogP contribution >= 0.6 is 11.6 Å². The van der Waals surface area contributed by atoms with E-state index in [0.29, 0.717) is 29.1 Å². The van der Waals surface area contributed by atoms with Gasteiger partial charge in [0.05, 0.1) is 16.3 Å². The number of pyridine rings is 1. The van der Waals surface area contributed by atoms with Crippen LogP contribution in [-0.2, 0) is 0 Å². The van der Waals surface area contributed by atoms with Crippen molar-refractivity contribution in [2.24, 2.45) is 0 Å². The number of nitrogens with zero attached hydrogens (tertiary/aromatic N) is 1. The van der Waals surface area contributed by atoms with Crippen molar-refractivity contribution in [2.45, 2.75) is 37.8 Å². The smallest absolute Gasteiger partial charge is 0.255 e. The topological polar surface area (TPSA) is 96.0 Å². The molecule has 2 heterocycles. The molecular formula is C27H24ClFN4O3. The van der Waals surface area contributed by atoms with Gasteiger partial charge in [-0.1, -0.05) is 36.6 Å². The van der Waals surface area contributed by atoms with Crippen molar-refractivity contribution in [1.82, 2.24) is 20.2 Å². The summed E-state index contributed by atoms with van der Waals surface area (Å²) in [7, 11) is 0. The number of rotatable bonds is 5. The molecule has 2 atom stereocenters. The second kappa shape index (κ2) is 9.99. The van der Waals surface area contributed by atoms with Gasteiger partial charge in [0.2, 0.25) is 0 Å². The molecule has 0 bridgehead atoms. The van der Waals surface area contributed by atoms with E-state index in [4.69, 9.17) is 11.6 Å². The molecule has 1 aliphatic rings. The summed E-state index contributed by atoms with van der Waals surface area (Å²) >= 11 is 6.12. The summed E-state index contributed by atoms with van der Waals surface area (Å²) in [5.74, 6) is -1.54. The van der Waals surface area contributed by atoms with Gasteiger partial charge in [0.1, 0.15) is 5.82 Å². The van der Waals surface area contributed by atoms with Crippen LogP contribution < -0.4 is 16.2 Å². The maximum Gasteiger partial charge on any atom is 0.255 e. The maximum atomic E-state index is 14.9. The highest BCUT2D eigenvalue weighted by molar-refractivity contribution is 6.35. The normalized spacial score (nSPS) is 17.6. The summed E-state index contributed by atoms with van der Waals surface area (Å²) in [5, 5.41) is 7.35. The van der Waals surface area contributed by atoms with Gasteiger partial charge in [-0.3, -0.25) is 19.0 Å². The predicted octanol–water partition coefficient (Wildman–Crippen LogP) is 4.58. The molecule has 2 aromatic heterocycles. The Kier molecular flexibility index (Phi) is 6.61. The standard InChI is InChI=1S/C27H24ClFN4O3/c28-20-15-30-24-13-16(8-10-18(20)24)26(35)31-22-5-1-2-6-23(22)32-27(36)19-11-9-17(14-21(19)29)33-12-4-3-7-25(33)34/h3-4,7-15,22-23,30H,1-2,5-6H2,(H,31,35)(H,32,36)/t22-,23+/m1/s1. The Bertz CT molecular complexity index is 1510. The lowest BCUT2D eigenvalue weighted by molar-refractivity contribution is 0.0860. The van der Waals surface area contributed by atoms with E-state index in [-0.39, 0.29) is 29.1 Å². The SMILES string of the molecule is O=C(N[C@@H]1CCCC[C@@H]1NC(=O)c1ccc(-n2ccccc2=O)cc1F)c1ccc2c(Cl)c[nH]c2c1. The van der Waals surface area contributed by atoms with Gasteiger partial charge in [-0.2, -0.15) is 0 Å². The number of benzene rings is 2. The van der Waals surface area contributed by atoms with E-state index < -0.39 is 11.7 Å². The highest BCUT2D eigenvalue weighted by Crippen LogP contribution is 2.25. The first-order chi connectivity index (χ1) is 17.4. The Morgan fingerprint density at radius 2 is 1.72 bits per heavy atom. The minimum absolute atomic E-state index is 0.118. The van der Waals surface area contributed by atoms with Crippen molar-refractivity contribution >= 4 is 34.3 Å². The van der Waals surface area contributed by atoms with E-state index in [1.807, 2.05) is 0 Å². The molecule has 7 nitrogen and oxygen atoms in total. The summed E-state index contributed by atoms with van der Waals surface area (Å²) in [4.78, 5) is 41.0. The van der Waals surface area contributed by atoms with Crippen molar-refractivity contribution in [3.8, 4) is 5.69 Å². The number of halogens is 2. The molecule has 0 spiro atoms. The first-order valence-corrected chi connectivity index (χ1v) is 12.1. The molecule has 3 N–H and O–H groups in total. The second-order valence-corrected chi connectivity index (χ2v) is 9.32. The number of aromatic amines is 1. The molecule has 5 rings (SSSR count). The van der Waals surface area contributed by atoms with Gasteiger partial charge in [0.15, 0.2) is 0 Å². The van der Waals surface area contributed by atoms with Gasteiger partial charge in [0.25, 0.3) is 17.4 Å². The van der Waals surface area contributed by atoms with Crippen LogP contribution in [0.4, 0.5) is 4.39 Å². The number of fused-ring (bicyclic) bond motifs is 1. The number of hydrogen-bond donors (Lipinski definition) is 3. The number of hydrogen-bond acceptors (Lipinski definition) is 3. The molecule has 0 unspecified atom stereocenters. The number of nitrogens with one attached hydrogen (secondary N) is 3. The number of aromatic nitrogens is 2. The van der Waals surface area contributed by atoms with Crippen molar-refractivity contribution in [3.05, 3.63) is 99.3 Å². The van der Waals surface area contributed by atoms with Crippen LogP contribution in [0.3, 0.4) is 0 Å². The summed E-state index contributed by atoms with van der Waals surface area (Å²) in [6.45, 7) is 0. The van der Waals surface area contributed by atoms with Crippen LogP contribution in [0.25, 0.3) is 16.6 Å². The van der Waals surface area contributed by atoms with Gasteiger partial charge in [-0.15, -0.1) is 0 Å². The average molecular weight is 507 g/mol. The largest absolute Gasteiger partial charge is 0.360 e. The van der Waals surface area contributed by atoms with Gasteiger partial charge in [-0.25, -0.2) is 4.39 Å². The first-order valence-electron chi connectivity index (χ1n) is 11.8. The Morgan fingerprint density at radius 3 is 2.44 bits per heavy atom. The molecule has 0 aliphatic heterocycles. The molecule has 0 radical (unpaired) electrons. The van der Waals surface area contributed by atoms with E-state index in [9.17, 15) is 18.8 Å². The van der Waals surface area contributed by atoms with Crippen molar-refractivity contribution in [1.29, 1.82) is 0 Å². The summed E-state index contributed by atoms with van der Waals surface area (Å²) < 4.78 is 16.2. The number of carbonyl (C=O) groups is 2. The van der Waals surface area contributed by atoms with Crippen LogP contribution in [0, 0.1) is 5.82 Å². The molecule has 9 heteroatoms. The molecule has 184 valence electrons. The molecule has 1 saturated carbocycles. The number of carbonyl (C=O) groups excluding carboxylic acids is 2. The third kappa shape index (κ3) is 4.77. The van der Waals surface area contributed by atoms with Crippen molar-refractivity contribution < 1.29 is 14.0 Å². The fraction of sp³-hybridized carbons (Fsp3) is 0.222. The Hall–Kier alpha value is -3.91. The summed E-state index contributed by atoms with van der Waals surface area (Å²) in [6.07, 6.45) is 6.38. The number of H-pyrrole nitrogens is 1. The van der Waals surface area contributed by atoms with Crippen molar-refractivity contribution in [3.63, 3.8) is 0 Å². The lowest BCUT2D eigenvalue weighted by atomic mass is 9.89. The zero-order valence-electron chi connectivity index (χ0n) is 19.3. The Balaban J connectivity index is 1.30. The summed E-state index contributed by atoms with van der Waals surface area (Å²) in [5.41, 5.74) is 1.16. The first kappa shape index (κ1) is 23.8. The monoisotopic (exact) mass is 506 g/mol. The molecule has 0 saturated heterocycles. The van der Waals surface area contributed by atoms with E-state index in [1.165, 1.54) is 35.0 Å². The zero-order valence-corrected chi connectivity index (χ0v) is 20.0. The highest BCUT2D eigenvalue weighted by atomic mass is 35.5. The Labute approximate surface area is 211 Å². The molecule has 2 aromatic carbocycles. The second-order valence-electron chi connectivity index (χ2n) is 8.91. The fourth-order valence-electron chi connectivity index (χ4n) is 4.68. The van der Waals surface area contributed by atoms with Gasteiger partial charge >= 0.3 is 0 Å². The lowest BCUT2D eigenvalue weighted by Crippen LogP contribution is -2.53. The molecule has 36 heavy (non-hydrogen) atoms. The number of amides is 2. The third-order valence-electron chi connectivity index (χ3n) is 6.59. The predicted molar refractivity (Wildman–Crippen MR) is 136 cm³/mol. The fourth-order valence-corrected chi connectivity index (χ4v) is 4.90. The van der Waals surface area contributed by atoms with Crippen LogP contribution in [0.1, 0.15) is 46.4 Å². The van der Waals surface area contributed by atoms with Crippen molar-refractivity contribution in [2.75, 3.05) is 0 Å². The molecular weight excluding hydrogens is 483 g/mol. The Morgan fingerprint density at radius 1 is 0.972 bits per heavy atom. The van der Waals surface area contributed by atoms with Gasteiger partial charge in [-0.05, 0) is 49.2 Å². The molecule has 4 aromatic rings. The molecule has 1 fully saturated rings. The zero-order chi connectivity index (χ0) is 25.2. The molecule has 1 aliphatic carbocycles. The summed E-state index contributed by atoms with van der Waals surface area (Å²) in [6, 6.07) is 13.3. The maximum absolute atomic E-state index is 14.9. The van der Waals surface area contributed by atoms with Gasteiger partial charge in [0, 0.05) is 47.0 Å². The van der Waals surface area contributed by atoms with Gasteiger partial charge < -0.3 is 15.6 Å². The third-order valence-corrected chi connectivity index (χ3v) is 6.90. The minimum Gasteiger partial charge on any atom is -0.360 e. The van der Waals surface area contributed by atoms with Crippen LogP contribution in [-0.4, -0.2) is 33.4 Å². The van der Waals surface area contributed by atoms with Crippen LogP contribution in [0.15, 0.2) is 71.8 Å². The van der Waals surface area contributed by atoms with E-state index >= 15 is 0 Å². The quantitative estimate of drug-likeness (QED) is 0.369. The minimum atomic E-state index is -0.727.